The smallest absolute Gasteiger partial charge is 0.0726 e. The molecule has 0 bridgehead atoms. The molecule has 2 heterocycles. The molecule has 1 aromatic rings. The first-order valence-corrected chi connectivity index (χ1v) is 6.35. The van der Waals surface area contributed by atoms with Gasteiger partial charge < -0.3 is 10.4 Å². The summed E-state index contributed by atoms with van der Waals surface area (Å²) in [4.78, 5) is 0. The van der Waals surface area contributed by atoms with Crippen molar-refractivity contribution in [2.45, 2.75) is 38.7 Å². The van der Waals surface area contributed by atoms with Crippen molar-refractivity contribution in [3.63, 3.8) is 0 Å². The first-order chi connectivity index (χ1) is 7.95. The first kappa shape index (κ1) is 12.6. The maximum absolute atomic E-state index is 10.8. The van der Waals surface area contributed by atoms with Crippen molar-refractivity contribution in [2.24, 2.45) is 12.5 Å². The van der Waals surface area contributed by atoms with Gasteiger partial charge in [-0.3, -0.25) is 4.68 Å². The van der Waals surface area contributed by atoms with Gasteiger partial charge in [0, 0.05) is 30.9 Å². The van der Waals surface area contributed by atoms with Crippen LogP contribution in [0.25, 0.3) is 0 Å². The highest BCUT2D eigenvalue weighted by molar-refractivity contribution is 5.05. The van der Waals surface area contributed by atoms with Gasteiger partial charge >= 0.3 is 0 Å². The minimum absolute atomic E-state index is 0.0656. The van der Waals surface area contributed by atoms with Crippen LogP contribution in [-0.2, 0) is 13.5 Å². The van der Waals surface area contributed by atoms with Crippen molar-refractivity contribution < 1.29 is 5.11 Å². The zero-order chi connectivity index (χ0) is 12.5. The summed E-state index contributed by atoms with van der Waals surface area (Å²) in [6.45, 7) is 6.07. The third-order valence-electron chi connectivity index (χ3n) is 4.26. The summed E-state index contributed by atoms with van der Waals surface area (Å²) in [5, 5.41) is 18.3. The number of aryl methyl sites for hydroxylation is 2. The van der Waals surface area contributed by atoms with E-state index in [1.807, 2.05) is 24.0 Å². The van der Waals surface area contributed by atoms with Crippen LogP contribution in [0.4, 0.5) is 0 Å². The zero-order valence-corrected chi connectivity index (χ0v) is 11.0. The van der Waals surface area contributed by atoms with Gasteiger partial charge in [0.15, 0.2) is 0 Å². The molecule has 96 valence electrons. The summed E-state index contributed by atoms with van der Waals surface area (Å²) in [6.07, 6.45) is 4.34. The van der Waals surface area contributed by atoms with Gasteiger partial charge in [-0.15, -0.1) is 0 Å². The van der Waals surface area contributed by atoms with Crippen LogP contribution in [0.2, 0.25) is 0 Å². The highest BCUT2D eigenvalue weighted by Crippen LogP contribution is 2.38. The lowest BCUT2D eigenvalue weighted by atomic mass is 9.68. The Morgan fingerprint density at radius 1 is 1.53 bits per heavy atom. The summed E-state index contributed by atoms with van der Waals surface area (Å²) in [5.41, 5.74) is 0.555. The van der Waals surface area contributed by atoms with Crippen molar-refractivity contribution in [1.82, 2.24) is 15.1 Å². The monoisotopic (exact) mass is 237 g/mol. The summed E-state index contributed by atoms with van der Waals surface area (Å²) in [7, 11) is 1.95. The number of nitrogens with zero attached hydrogens (tertiary/aromatic N) is 2. The Balaban J connectivity index is 2.04. The van der Waals surface area contributed by atoms with Gasteiger partial charge in [0.2, 0.25) is 0 Å². The maximum Gasteiger partial charge on any atom is 0.0726 e. The fraction of sp³-hybridized carbons (Fsp3) is 0.769. The minimum atomic E-state index is -0.567. The van der Waals surface area contributed by atoms with Gasteiger partial charge in [-0.25, -0.2) is 0 Å². The van der Waals surface area contributed by atoms with E-state index in [1.54, 1.807) is 0 Å². The Bertz CT molecular complexity index is 386. The lowest BCUT2D eigenvalue weighted by Crippen LogP contribution is -2.56. The van der Waals surface area contributed by atoms with Crippen molar-refractivity contribution in [1.29, 1.82) is 0 Å². The maximum atomic E-state index is 10.8. The van der Waals surface area contributed by atoms with Gasteiger partial charge in [-0.1, -0.05) is 13.8 Å². The fourth-order valence-corrected chi connectivity index (χ4v) is 2.64. The SMILES string of the molecule is Cn1nccc1CCC1(O)CCNCC1(C)C. The molecule has 1 unspecified atom stereocenters. The van der Waals surface area contributed by atoms with Gasteiger partial charge in [0.05, 0.1) is 5.60 Å². The highest BCUT2D eigenvalue weighted by atomic mass is 16.3. The third kappa shape index (κ3) is 2.38. The molecule has 2 rings (SSSR count). The molecule has 4 heteroatoms. The highest BCUT2D eigenvalue weighted by Gasteiger charge is 2.44. The van der Waals surface area contributed by atoms with Gasteiger partial charge in [-0.2, -0.15) is 5.10 Å². The summed E-state index contributed by atoms with van der Waals surface area (Å²) < 4.78 is 1.89. The molecule has 0 aliphatic carbocycles. The van der Waals surface area contributed by atoms with Crippen LogP contribution in [0.1, 0.15) is 32.4 Å². The number of aromatic nitrogens is 2. The molecule has 4 nitrogen and oxygen atoms in total. The summed E-state index contributed by atoms with van der Waals surface area (Å²) >= 11 is 0. The van der Waals surface area contributed by atoms with E-state index < -0.39 is 5.60 Å². The molecule has 0 radical (unpaired) electrons. The van der Waals surface area contributed by atoms with E-state index >= 15 is 0 Å². The van der Waals surface area contributed by atoms with Crippen LogP contribution in [0, 0.1) is 5.41 Å². The predicted octanol–water partition coefficient (Wildman–Crippen LogP) is 1.10. The largest absolute Gasteiger partial charge is 0.389 e. The molecule has 0 amide bonds. The van der Waals surface area contributed by atoms with Crippen molar-refractivity contribution in [3.05, 3.63) is 18.0 Å². The number of hydrogen-bond acceptors (Lipinski definition) is 3. The molecule has 2 N–H and O–H groups in total. The van der Waals surface area contributed by atoms with Gasteiger partial charge in [-0.05, 0) is 31.9 Å². The molecule has 0 spiro atoms. The van der Waals surface area contributed by atoms with E-state index in [9.17, 15) is 5.11 Å². The van der Waals surface area contributed by atoms with Crippen molar-refractivity contribution >= 4 is 0 Å². The normalized spacial score (nSPS) is 28.2. The summed E-state index contributed by atoms with van der Waals surface area (Å²) in [5.74, 6) is 0. The Morgan fingerprint density at radius 3 is 2.88 bits per heavy atom. The molecule has 1 saturated heterocycles. The predicted molar refractivity (Wildman–Crippen MR) is 67.7 cm³/mol. The van der Waals surface area contributed by atoms with E-state index in [4.69, 9.17) is 0 Å². The molecule has 1 fully saturated rings. The number of nitrogens with one attached hydrogen (secondary N) is 1. The van der Waals surface area contributed by atoms with E-state index in [-0.39, 0.29) is 5.41 Å². The van der Waals surface area contributed by atoms with Crippen LogP contribution >= 0.6 is 0 Å². The molecule has 1 atom stereocenters. The van der Waals surface area contributed by atoms with Crippen molar-refractivity contribution in [2.75, 3.05) is 13.1 Å². The second kappa shape index (κ2) is 4.42. The Kier molecular flexibility index (Phi) is 3.27. The molecule has 17 heavy (non-hydrogen) atoms. The molecular formula is C13H23N3O. The number of aliphatic hydroxyl groups is 1. The zero-order valence-electron chi connectivity index (χ0n) is 11.0. The second-order valence-electron chi connectivity index (χ2n) is 5.79. The molecule has 0 saturated carbocycles. The Morgan fingerprint density at radius 2 is 2.29 bits per heavy atom. The average molecular weight is 237 g/mol. The van der Waals surface area contributed by atoms with E-state index in [0.717, 1.165) is 32.4 Å². The van der Waals surface area contributed by atoms with E-state index in [1.165, 1.54) is 5.69 Å². The van der Waals surface area contributed by atoms with Crippen LogP contribution < -0.4 is 5.32 Å². The van der Waals surface area contributed by atoms with Crippen LogP contribution in [0.5, 0.6) is 0 Å². The van der Waals surface area contributed by atoms with Crippen molar-refractivity contribution in [3.8, 4) is 0 Å². The average Bonchev–Trinajstić information content (AvgIpc) is 2.66. The molecule has 1 aromatic heterocycles. The van der Waals surface area contributed by atoms with E-state index in [2.05, 4.69) is 24.3 Å². The lowest BCUT2D eigenvalue weighted by Gasteiger charge is -2.47. The second-order valence-corrected chi connectivity index (χ2v) is 5.79. The number of rotatable bonds is 3. The van der Waals surface area contributed by atoms with Gasteiger partial charge in [0.1, 0.15) is 0 Å². The summed E-state index contributed by atoms with van der Waals surface area (Å²) in [6, 6.07) is 2.03. The van der Waals surface area contributed by atoms with Crippen LogP contribution in [0.3, 0.4) is 0 Å². The molecule has 1 aliphatic heterocycles. The first-order valence-electron chi connectivity index (χ1n) is 6.35. The Hall–Kier alpha value is -0.870. The van der Waals surface area contributed by atoms with Crippen LogP contribution in [0.15, 0.2) is 12.3 Å². The Labute approximate surface area is 103 Å². The standard InChI is InChI=1S/C13H23N3O/c1-12(2)10-14-9-7-13(12,17)6-4-11-5-8-15-16(11)3/h5,8,14,17H,4,6-7,9-10H2,1-3H3. The topological polar surface area (TPSA) is 50.1 Å². The molecule has 1 aliphatic rings. The molecular weight excluding hydrogens is 214 g/mol. The fourth-order valence-electron chi connectivity index (χ4n) is 2.64. The minimum Gasteiger partial charge on any atom is -0.389 e. The van der Waals surface area contributed by atoms with E-state index in [0.29, 0.717) is 0 Å². The lowest BCUT2D eigenvalue weighted by molar-refractivity contribution is -0.0933. The van der Waals surface area contributed by atoms with Gasteiger partial charge in [0.25, 0.3) is 0 Å². The van der Waals surface area contributed by atoms with Crippen LogP contribution in [-0.4, -0.2) is 33.6 Å². The number of piperidine rings is 1. The number of hydrogen-bond donors (Lipinski definition) is 2. The quantitative estimate of drug-likeness (QED) is 0.828. The third-order valence-corrected chi connectivity index (χ3v) is 4.26. The molecule has 0 aromatic carbocycles.